The van der Waals surface area contributed by atoms with Gasteiger partial charge in [0, 0.05) is 0 Å². The van der Waals surface area contributed by atoms with Crippen LogP contribution in [-0.4, -0.2) is 18.6 Å². The summed E-state index contributed by atoms with van der Waals surface area (Å²) >= 11 is 0. The van der Waals surface area contributed by atoms with Crippen molar-refractivity contribution < 1.29 is 19.1 Å². The minimum absolute atomic E-state index is 0.549. The van der Waals surface area contributed by atoms with Crippen molar-refractivity contribution in [2.45, 2.75) is 0 Å². The van der Waals surface area contributed by atoms with Gasteiger partial charge in [0.25, 0.3) is 0 Å². The Balaban J connectivity index is 2.10. The zero-order valence-corrected chi connectivity index (χ0v) is 3.66. The Morgan fingerprint density at radius 1 is 1.62 bits per heavy atom. The first kappa shape index (κ1) is 4.13. The molecule has 2 bridgehead atoms. The molecule has 3 rings (SSSR count). The number of hydroxylamine groups is 3. The van der Waals surface area contributed by atoms with Gasteiger partial charge in [-0.1, -0.05) is 5.23 Å². The lowest BCUT2D eigenvalue weighted by Crippen LogP contribution is -2.64. The van der Waals surface area contributed by atoms with Crippen LogP contribution < -0.4 is 5.48 Å². The summed E-state index contributed by atoms with van der Waals surface area (Å²) in [6, 6.07) is -0.549. The Bertz CT molecular complexity index is 129. The molecule has 7 heteroatoms. The van der Waals surface area contributed by atoms with Gasteiger partial charge in [0.05, 0.1) is 0 Å². The number of fused-ring (bicyclic) bond motifs is 2. The van der Waals surface area contributed by atoms with Crippen LogP contribution in [0.4, 0.5) is 4.79 Å². The highest BCUT2D eigenvalue weighted by atomic mass is 17.1. The van der Waals surface area contributed by atoms with Crippen molar-refractivity contribution in [3.63, 3.8) is 0 Å². The fourth-order valence-corrected chi connectivity index (χ4v) is 0.439. The number of nitrogens with zero attached hydrogens (tertiary/aromatic N) is 1. The fourth-order valence-electron chi connectivity index (χ4n) is 0.439. The van der Waals surface area contributed by atoms with Crippen molar-refractivity contribution in [3.8, 4) is 0 Å². The number of rotatable bonds is 0. The molecule has 0 aromatic heterocycles. The van der Waals surface area contributed by atoms with E-state index in [-0.39, 0.29) is 0 Å². The average Bonchev–Trinajstić information content (AvgIpc) is 1.62. The van der Waals surface area contributed by atoms with Gasteiger partial charge in [-0.15, -0.1) is 0 Å². The highest BCUT2D eigenvalue weighted by Crippen LogP contribution is 2.15. The molecule has 0 aromatic carbocycles. The third kappa shape index (κ3) is 0.352. The van der Waals surface area contributed by atoms with Crippen LogP contribution >= 0.6 is 0 Å². The van der Waals surface area contributed by atoms with Crippen molar-refractivity contribution in [2.75, 3.05) is 0 Å². The zero-order chi connectivity index (χ0) is 5.56. The van der Waals surface area contributed by atoms with Crippen molar-refractivity contribution >= 4 is 13.4 Å². The van der Waals surface area contributed by atoms with E-state index in [0.717, 1.165) is 0 Å². The van der Waals surface area contributed by atoms with Gasteiger partial charge in [0.15, 0.2) is 0 Å². The quantitative estimate of drug-likeness (QED) is 0.404. The van der Waals surface area contributed by atoms with E-state index in [2.05, 4.69) is 14.3 Å². The number of hydrogen-bond donors (Lipinski definition) is 1. The molecule has 1 N–H and O–H groups in total. The van der Waals surface area contributed by atoms with Crippen LogP contribution in [0.5, 0.6) is 0 Å². The molecule has 0 atom stereocenters. The zero-order valence-electron chi connectivity index (χ0n) is 3.66. The van der Waals surface area contributed by atoms with Gasteiger partial charge in [0.2, 0.25) is 0 Å². The smallest absolute Gasteiger partial charge is 0.266 e. The minimum atomic E-state index is -0.743. The average molecular weight is 116 g/mol. The highest BCUT2D eigenvalue weighted by molar-refractivity contribution is 6.39. The van der Waals surface area contributed by atoms with Crippen LogP contribution in [0.2, 0.25) is 0 Å². The predicted octanol–water partition coefficient (Wildman–Crippen LogP) is -1.20. The first-order chi connectivity index (χ1) is 3.86. The molecule has 8 heavy (non-hydrogen) atoms. The van der Waals surface area contributed by atoms with Gasteiger partial charge in [-0.05, 0) is 0 Å². The van der Waals surface area contributed by atoms with E-state index in [4.69, 9.17) is 0 Å². The minimum Gasteiger partial charge on any atom is -0.266 e. The summed E-state index contributed by atoms with van der Waals surface area (Å²) in [6.45, 7) is 0. The standard InChI is InChI=1S/CHBN2O4/c5-1-3-6-2-7-4(1)8-2/h(H,3,5). The van der Waals surface area contributed by atoms with Crippen LogP contribution in [-0.2, 0) is 14.3 Å². The number of nitrogens with one attached hydrogen (secondary N) is 1. The topological polar surface area (TPSA) is 60.0 Å². The van der Waals surface area contributed by atoms with Crippen LogP contribution in [0.3, 0.4) is 0 Å². The lowest BCUT2D eigenvalue weighted by Gasteiger charge is -2.36. The number of urea groups is 1. The molecule has 3 aliphatic rings. The fraction of sp³-hybridized carbons (Fsp3) is 0. The first-order valence-corrected chi connectivity index (χ1v) is 1.95. The Hall–Kier alpha value is -0.785. The molecule has 3 aliphatic heterocycles. The van der Waals surface area contributed by atoms with Crippen LogP contribution in [0.1, 0.15) is 0 Å². The maximum absolute atomic E-state index is 10.3. The van der Waals surface area contributed by atoms with E-state index in [9.17, 15) is 4.79 Å². The maximum atomic E-state index is 10.3. The SMILES string of the molecule is O=C1NOB2ON1O2. The van der Waals surface area contributed by atoms with E-state index in [1.54, 1.807) is 0 Å². The van der Waals surface area contributed by atoms with Crippen molar-refractivity contribution in [3.05, 3.63) is 0 Å². The summed E-state index contributed by atoms with van der Waals surface area (Å²) in [4.78, 5) is 10.3. The summed E-state index contributed by atoms with van der Waals surface area (Å²) in [5.74, 6) is 0. The van der Waals surface area contributed by atoms with E-state index >= 15 is 0 Å². The van der Waals surface area contributed by atoms with E-state index < -0.39 is 13.4 Å². The Morgan fingerprint density at radius 2 is 2.38 bits per heavy atom. The van der Waals surface area contributed by atoms with E-state index in [0.29, 0.717) is 5.23 Å². The predicted molar refractivity (Wildman–Crippen MR) is 19.4 cm³/mol. The van der Waals surface area contributed by atoms with Gasteiger partial charge in [0.1, 0.15) is 0 Å². The van der Waals surface area contributed by atoms with Gasteiger partial charge in [-0.25, -0.2) is 19.8 Å². The lowest BCUT2D eigenvalue weighted by molar-refractivity contribution is -0.361. The summed E-state index contributed by atoms with van der Waals surface area (Å²) < 4.78 is 13.3. The van der Waals surface area contributed by atoms with Crippen molar-refractivity contribution in [1.29, 1.82) is 0 Å². The Labute approximate surface area is 44.3 Å². The molecular formula is CHBN2O4. The molecule has 3 fully saturated rings. The molecule has 0 aromatic rings. The van der Waals surface area contributed by atoms with Gasteiger partial charge >= 0.3 is 13.4 Å². The molecule has 42 valence electrons. The largest absolute Gasteiger partial charge is 0.711 e. The third-order valence-electron chi connectivity index (χ3n) is 0.772. The Morgan fingerprint density at radius 3 is 2.62 bits per heavy atom. The second-order valence-corrected chi connectivity index (χ2v) is 1.28. The maximum Gasteiger partial charge on any atom is 0.711 e. The van der Waals surface area contributed by atoms with Gasteiger partial charge in [-0.3, -0.25) is 4.76 Å². The number of amides is 2. The van der Waals surface area contributed by atoms with E-state index in [1.165, 1.54) is 0 Å². The molecule has 0 saturated carbocycles. The Kier molecular flexibility index (Phi) is 0.585. The molecule has 0 radical (unpaired) electrons. The van der Waals surface area contributed by atoms with Crippen molar-refractivity contribution in [2.24, 2.45) is 0 Å². The van der Waals surface area contributed by atoms with Crippen LogP contribution in [0.25, 0.3) is 0 Å². The molecule has 0 unspecified atom stereocenters. The summed E-state index contributed by atoms with van der Waals surface area (Å²) in [5.41, 5.74) is 2.02. The lowest BCUT2D eigenvalue weighted by atomic mass is 10.2. The molecular weight excluding hydrogens is 115 g/mol. The van der Waals surface area contributed by atoms with Crippen LogP contribution in [0.15, 0.2) is 0 Å². The number of hydrogen-bond acceptors (Lipinski definition) is 4. The van der Waals surface area contributed by atoms with Gasteiger partial charge in [-0.2, -0.15) is 0 Å². The second kappa shape index (κ2) is 1.13. The summed E-state index contributed by atoms with van der Waals surface area (Å²) in [6.07, 6.45) is 0. The number of carbonyl (C=O) groups is 1. The monoisotopic (exact) mass is 116 g/mol. The molecule has 0 aliphatic carbocycles. The summed E-state index contributed by atoms with van der Waals surface area (Å²) in [7, 11) is -0.743. The molecule has 2 amide bonds. The van der Waals surface area contributed by atoms with Crippen LogP contribution in [0, 0.1) is 0 Å². The molecule has 0 spiro atoms. The van der Waals surface area contributed by atoms with Crippen molar-refractivity contribution in [1.82, 2.24) is 10.7 Å². The molecule has 6 nitrogen and oxygen atoms in total. The number of carbonyl (C=O) groups excluding carboxylic acids is 1. The summed E-state index contributed by atoms with van der Waals surface area (Å²) in [5, 5.41) is 0.703. The molecule has 3 saturated heterocycles. The third-order valence-corrected chi connectivity index (χ3v) is 0.772. The second-order valence-electron chi connectivity index (χ2n) is 1.28. The van der Waals surface area contributed by atoms with E-state index in [1.807, 2.05) is 5.48 Å². The first-order valence-electron chi connectivity index (χ1n) is 1.95. The highest BCUT2D eigenvalue weighted by Gasteiger charge is 2.49. The normalized spacial score (nSPS) is 24.8. The van der Waals surface area contributed by atoms with Gasteiger partial charge < -0.3 is 0 Å². The molecule has 3 heterocycles.